The third-order valence-corrected chi connectivity index (χ3v) is 5.10. The summed E-state index contributed by atoms with van der Waals surface area (Å²) in [7, 11) is 0. The van der Waals surface area contributed by atoms with Crippen LogP contribution in [0.2, 0.25) is 0 Å². The molecule has 1 saturated heterocycles. The molecule has 0 radical (unpaired) electrons. The fourth-order valence-corrected chi connectivity index (χ4v) is 3.86. The number of rotatable bonds is 9. The second-order valence-corrected chi connectivity index (χ2v) is 9.09. The summed E-state index contributed by atoms with van der Waals surface area (Å²) in [4.78, 5) is 29.9. The van der Waals surface area contributed by atoms with Crippen molar-refractivity contribution < 1.29 is 14.3 Å². The zero-order chi connectivity index (χ0) is 21.3. The van der Waals surface area contributed by atoms with E-state index in [1.165, 1.54) is 0 Å². The molecule has 162 valence electrons. The van der Waals surface area contributed by atoms with Crippen molar-refractivity contribution in [3.8, 4) is 0 Å². The average molecular weight is 405 g/mol. The number of primary amides is 1. The van der Waals surface area contributed by atoms with Crippen LogP contribution < -0.4 is 11.1 Å². The van der Waals surface area contributed by atoms with Gasteiger partial charge in [0.15, 0.2) is 0 Å². The standard InChI is InChI=1S/C22H36N4O3/c1-22(2,3)29-21(28)25-14-19(12-18-6-4-10-24-13-18)16-26-11-5-7-17(15-26)8-9-20(23)27/h4,6,10,13,17,19H,5,7-9,11-12,14-16H2,1-3H3,(H2,23,27)(H,25,28)/t17-,19-/m1/s1. The van der Waals surface area contributed by atoms with Gasteiger partial charge in [-0.15, -0.1) is 0 Å². The number of nitrogens with zero attached hydrogens (tertiary/aromatic N) is 2. The SMILES string of the molecule is CC(C)(C)OC(=O)NC[C@@H](Cc1cccnc1)CN1CCC[C@H](CCC(N)=O)C1. The Labute approximate surface area is 174 Å². The van der Waals surface area contributed by atoms with E-state index < -0.39 is 5.60 Å². The van der Waals surface area contributed by atoms with Gasteiger partial charge in [-0.2, -0.15) is 0 Å². The summed E-state index contributed by atoms with van der Waals surface area (Å²) in [6.45, 7) is 9.04. The fraction of sp³-hybridized carbons (Fsp3) is 0.682. The number of pyridine rings is 1. The monoisotopic (exact) mass is 404 g/mol. The lowest BCUT2D eigenvalue weighted by atomic mass is 9.91. The molecule has 0 aliphatic carbocycles. The van der Waals surface area contributed by atoms with Crippen LogP contribution in [0.25, 0.3) is 0 Å². The van der Waals surface area contributed by atoms with Crippen molar-refractivity contribution in [3.63, 3.8) is 0 Å². The van der Waals surface area contributed by atoms with E-state index in [1.54, 1.807) is 6.20 Å². The molecule has 7 nitrogen and oxygen atoms in total. The highest BCUT2D eigenvalue weighted by atomic mass is 16.6. The third-order valence-electron chi connectivity index (χ3n) is 5.10. The maximum absolute atomic E-state index is 12.1. The molecule has 1 aliphatic rings. The smallest absolute Gasteiger partial charge is 0.407 e. The molecule has 7 heteroatoms. The van der Waals surface area contributed by atoms with E-state index in [0.29, 0.717) is 18.9 Å². The van der Waals surface area contributed by atoms with Crippen LogP contribution in [0.5, 0.6) is 0 Å². The van der Waals surface area contributed by atoms with E-state index in [1.807, 2.05) is 33.0 Å². The van der Waals surface area contributed by atoms with Crippen LogP contribution in [0.15, 0.2) is 24.5 Å². The van der Waals surface area contributed by atoms with Crippen LogP contribution in [0.4, 0.5) is 4.79 Å². The van der Waals surface area contributed by atoms with Crippen molar-refractivity contribution >= 4 is 12.0 Å². The van der Waals surface area contributed by atoms with Gasteiger partial charge in [0.1, 0.15) is 5.60 Å². The lowest BCUT2D eigenvalue weighted by Crippen LogP contribution is -2.43. The first-order valence-electron chi connectivity index (χ1n) is 10.6. The Kier molecular flexibility index (Phi) is 8.89. The van der Waals surface area contributed by atoms with Crippen LogP contribution in [-0.2, 0) is 16.0 Å². The lowest BCUT2D eigenvalue weighted by molar-refractivity contribution is -0.118. The topological polar surface area (TPSA) is 97.6 Å². The number of aromatic nitrogens is 1. The van der Waals surface area contributed by atoms with Gasteiger partial charge in [0.05, 0.1) is 0 Å². The number of nitrogens with two attached hydrogens (primary N) is 1. The van der Waals surface area contributed by atoms with E-state index in [-0.39, 0.29) is 17.9 Å². The van der Waals surface area contributed by atoms with Gasteiger partial charge in [-0.05, 0) is 76.5 Å². The molecule has 1 aromatic heterocycles. The highest BCUT2D eigenvalue weighted by molar-refractivity contribution is 5.73. The second kappa shape index (κ2) is 11.1. The molecule has 1 aromatic rings. The number of hydrogen-bond acceptors (Lipinski definition) is 5. The van der Waals surface area contributed by atoms with Crippen molar-refractivity contribution in [3.05, 3.63) is 30.1 Å². The zero-order valence-electron chi connectivity index (χ0n) is 18.0. The third kappa shape index (κ3) is 9.74. The second-order valence-electron chi connectivity index (χ2n) is 9.09. The van der Waals surface area contributed by atoms with Gasteiger partial charge in [-0.1, -0.05) is 6.07 Å². The van der Waals surface area contributed by atoms with Crippen LogP contribution in [0.1, 0.15) is 52.0 Å². The number of likely N-dealkylation sites (tertiary alicyclic amines) is 1. The predicted molar refractivity (Wildman–Crippen MR) is 113 cm³/mol. The largest absolute Gasteiger partial charge is 0.444 e. The molecule has 0 saturated carbocycles. The van der Waals surface area contributed by atoms with Crippen molar-refractivity contribution in [2.45, 2.75) is 58.5 Å². The molecular weight excluding hydrogens is 368 g/mol. The van der Waals surface area contributed by atoms with Gasteiger partial charge in [0.2, 0.25) is 5.91 Å². The molecule has 2 atom stereocenters. The summed E-state index contributed by atoms with van der Waals surface area (Å²) in [6, 6.07) is 4.01. The van der Waals surface area contributed by atoms with Crippen LogP contribution >= 0.6 is 0 Å². The van der Waals surface area contributed by atoms with Crippen molar-refractivity contribution in [2.75, 3.05) is 26.2 Å². The quantitative estimate of drug-likeness (QED) is 0.659. The highest BCUT2D eigenvalue weighted by Crippen LogP contribution is 2.22. The van der Waals surface area contributed by atoms with E-state index in [9.17, 15) is 9.59 Å². The number of amides is 2. The molecule has 0 aromatic carbocycles. The van der Waals surface area contributed by atoms with Crippen LogP contribution in [0.3, 0.4) is 0 Å². The molecule has 3 N–H and O–H groups in total. The molecule has 1 fully saturated rings. The number of nitrogens with one attached hydrogen (secondary N) is 1. The summed E-state index contributed by atoms with van der Waals surface area (Å²) < 4.78 is 5.38. The minimum absolute atomic E-state index is 0.224. The first-order chi connectivity index (χ1) is 13.7. The number of carbonyl (C=O) groups is 2. The highest BCUT2D eigenvalue weighted by Gasteiger charge is 2.24. The fourth-order valence-electron chi connectivity index (χ4n) is 3.86. The Balaban J connectivity index is 1.93. The van der Waals surface area contributed by atoms with Crippen molar-refractivity contribution in [1.29, 1.82) is 0 Å². The van der Waals surface area contributed by atoms with Gasteiger partial charge in [-0.3, -0.25) is 9.78 Å². The summed E-state index contributed by atoms with van der Waals surface area (Å²) in [5.74, 6) is 0.536. The molecule has 1 aliphatic heterocycles. The molecule has 0 unspecified atom stereocenters. The number of piperidine rings is 1. The van der Waals surface area contributed by atoms with E-state index in [2.05, 4.69) is 21.3 Å². The van der Waals surface area contributed by atoms with E-state index in [0.717, 1.165) is 50.9 Å². The van der Waals surface area contributed by atoms with E-state index >= 15 is 0 Å². The predicted octanol–water partition coefficient (Wildman–Crippen LogP) is 2.74. The molecule has 2 rings (SSSR count). The van der Waals surface area contributed by atoms with Crippen molar-refractivity contribution in [2.24, 2.45) is 17.6 Å². The first-order valence-corrected chi connectivity index (χ1v) is 10.6. The maximum atomic E-state index is 12.1. The van der Waals surface area contributed by atoms with Gasteiger partial charge >= 0.3 is 6.09 Å². The van der Waals surface area contributed by atoms with Gasteiger partial charge < -0.3 is 20.7 Å². The molecule has 29 heavy (non-hydrogen) atoms. The Morgan fingerprint density at radius 1 is 1.41 bits per heavy atom. The average Bonchev–Trinajstić information content (AvgIpc) is 2.64. The normalized spacial score (nSPS) is 18.8. The minimum atomic E-state index is -0.510. The molecule has 0 spiro atoms. The zero-order valence-corrected chi connectivity index (χ0v) is 18.0. The lowest BCUT2D eigenvalue weighted by Gasteiger charge is -2.35. The minimum Gasteiger partial charge on any atom is -0.444 e. The summed E-state index contributed by atoms with van der Waals surface area (Å²) >= 11 is 0. The van der Waals surface area contributed by atoms with Gasteiger partial charge in [0.25, 0.3) is 0 Å². The molecule has 0 bridgehead atoms. The number of alkyl carbamates (subject to hydrolysis) is 1. The first kappa shape index (κ1) is 23.1. The number of ether oxygens (including phenoxy) is 1. The van der Waals surface area contributed by atoms with Crippen LogP contribution in [0, 0.1) is 11.8 Å². The van der Waals surface area contributed by atoms with E-state index in [4.69, 9.17) is 10.5 Å². The maximum Gasteiger partial charge on any atom is 0.407 e. The molecular formula is C22H36N4O3. The van der Waals surface area contributed by atoms with Gasteiger partial charge in [-0.25, -0.2) is 4.79 Å². The summed E-state index contributed by atoms with van der Waals surface area (Å²) in [6.07, 6.45) is 7.69. The molecule has 2 heterocycles. The number of hydrogen-bond donors (Lipinski definition) is 2. The van der Waals surface area contributed by atoms with Gasteiger partial charge in [0, 0.05) is 38.4 Å². The molecule has 2 amide bonds. The Morgan fingerprint density at radius 3 is 2.86 bits per heavy atom. The Hall–Kier alpha value is -2.15. The summed E-state index contributed by atoms with van der Waals surface area (Å²) in [5, 5.41) is 2.93. The summed E-state index contributed by atoms with van der Waals surface area (Å²) in [5.41, 5.74) is 5.96. The number of carbonyl (C=O) groups excluding carboxylic acids is 2. The van der Waals surface area contributed by atoms with Crippen LogP contribution in [-0.4, -0.2) is 53.7 Å². The Bertz CT molecular complexity index is 645. The van der Waals surface area contributed by atoms with Crippen molar-refractivity contribution in [1.82, 2.24) is 15.2 Å². The Morgan fingerprint density at radius 2 is 2.21 bits per heavy atom.